The van der Waals surface area contributed by atoms with Crippen LogP contribution < -0.4 is 5.32 Å². The number of halogens is 2. The van der Waals surface area contributed by atoms with E-state index < -0.39 is 11.7 Å². The van der Waals surface area contributed by atoms with Crippen molar-refractivity contribution in [2.45, 2.75) is 26.2 Å². The fraction of sp³-hybridized carbons (Fsp3) is 0.211. The zero-order chi connectivity index (χ0) is 19.0. The number of hydrogen-bond donors (Lipinski definition) is 1. The van der Waals surface area contributed by atoms with Crippen LogP contribution in [0.15, 0.2) is 42.5 Å². The number of carbonyl (C=O) groups is 1. The third-order valence-corrected chi connectivity index (χ3v) is 4.73. The Bertz CT molecular complexity index is 1000. The van der Waals surface area contributed by atoms with Crippen molar-refractivity contribution in [3.63, 3.8) is 0 Å². The second-order valence-electron chi connectivity index (χ2n) is 6.36. The maximum atomic E-state index is 13.2. The number of benzene rings is 2. The summed E-state index contributed by atoms with van der Waals surface area (Å²) >= 11 is 5.74. The lowest BCUT2D eigenvalue weighted by Gasteiger charge is -2.24. The summed E-state index contributed by atoms with van der Waals surface area (Å²) in [6.07, 6.45) is -0.147. The van der Waals surface area contributed by atoms with E-state index in [-0.39, 0.29) is 23.4 Å². The van der Waals surface area contributed by atoms with Crippen molar-refractivity contribution < 1.29 is 13.9 Å². The second kappa shape index (κ2) is 7.09. The number of carbonyl (C=O) groups excluding carboxylic acids is 1. The largest absolute Gasteiger partial charge is 0.365 e. The lowest BCUT2D eigenvalue weighted by Crippen LogP contribution is -2.24. The number of rotatable bonds is 3. The number of hydrogen-bond acceptors (Lipinski definition) is 4. The summed E-state index contributed by atoms with van der Waals surface area (Å²) < 4.78 is 20.8. The van der Waals surface area contributed by atoms with Crippen LogP contribution in [-0.2, 0) is 17.9 Å². The van der Waals surface area contributed by atoms with E-state index in [9.17, 15) is 9.18 Å². The van der Waals surface area contributed by atoms with Gasteiger partial charge in [-0.1, -0.05) is 46.6 Å². The van der Waals surface area contributed by atoms with Crippen molar-refractivity contribution in [1.29, 1.82) is 0 Å². The molecule has 1 aliphatic heterocycles. The van der Waals surface area contributed by atoms with E-state index in [2.05, 4.69) is 15.6 Å². The van der Waals surface area contributed by atoms with E-state index in [0.717, 1.165) is 5.56 Å². The average molecular weight is 387 g/mol. The van der Waals surface area contributed by atoms with Crippen LogP contribution in [0.3, 0.4) is 0 Å². The molecule has 0 saturated carbocycles. The molecule has 1 atom stereocenters. The minimum absolute atomic E-state index is 0.0675. The summed E-state index contributed by atoms with van der Waals surface area (Å²) in [5.74, 6) is -0.998. The molecule has 0 radical (unpaired) electrons. The first-order valence-electron chi connectivity index (χ1n) is 8.38. The standard InChI is InChI=1S/C19H16ClFN4O2/c1-11-2-4-12(5-3-11)17-9-25-16(10-27-17)18(23-24-25)19(26)22-13-6-7-15(21)14(20)8-13/h2-8,17H,9-10H2,1H3,(H,22,26). The molecule has 138 valence electrons. The van der Waals surface area contributed by atoms with Crippen molar-refractivity contribution in [3.8, 4) is 0 Å². The van der Waals surface area contributed by atoms with Gasteiger partial charge in [0.2, 0.25) is 0 Å². The fourth-order valence-electron chi connectivity index (χ4n) is 2.93. The van der Waals surface area contributed by atoms with Gasteiger partial charge in [0, 0.05) is 5.69 Å². The highest BCUT2D eigenvalue weighted by molar-refractivity contribution is 6.31. The molecule has 6 nitrogen and oxygen atoms in total. The molecule has 0 saturated heterocycles. The number of nitrogens with zero attached hydrogens (tertiary/aromatic N) is 3. The number of aryl methyl sites for hydroxylation is 1. The summed E-state index contributed by atoms with van der Waals surface area (Å²) in [6, 6.07) is 12.1. The van der Waals surface area contributed by atoms with Crippen molar-refractivity contribution in [3.05, 3.63) is 75.8 Å². The highest BCUT2D eigenvalue weighted by atomic mass is 35.5. The van der Waals surface area contributed by atoms with Gasteiger partial charge in [-0.25, -0.2) is 9.07 Å². The quantitative estimate of drug-likeness (QED) is 0.741. The third kappa shape index (κ3) is 3.56. The van der Waals surface area contributed by atoms with Gasteiger partial charge < -0.3 is 10.1 Å². The van der Waals surface area contributed by atoms with E-state index >= 15 is 0 Å². The van der Waals surface area contributed by atoms with Crippen LogP contribution in [0.25, 0.3) is 0 Å². The molecule has 0 bridgehead atoms. The van der Waals surface area contributed by atoms with Gasteiger partial charge in [0.15, 0.2) is 5.69 Å². The zero-order valence-electron chi connectivity index (χ0n) is 14.4. The van der Waals surface area contributed by atoms with E-state index in [1.54, 1.807) is 4.68 Å². The van der Waals surface area contributed by atoms with E-state index in [1.807, 2.05) is 31.2 Å². The van der Waals surface area contributed by atoms with Gasteiger partial charge in [-0.15, -0.1) is 5.10 Å². The molecule has 1 unspecified atom stereocenters. The van der Waals surface area contributed by atoms with E-state index in [1.165, 1.54) is 23.8 Å². The Morgan fingerprint density at radius 3 is 2.81 bits per heavy atom. The van der Waals surface area contributed by atoms with Gasteiger partial charge in [-0.3, -0.25) is 4.79 Å². The highest BCUT2D eigenvalue weighted by Gasteiger charge is 2.27. The zero-order valence-corrected chi connectivity index (χ0v) is 15.2. The van der Waals surface area contributed by atoms with Gasteiger partial charge >= 0.3 is 0 Å². The monoisotopic (exact) mass is 386 g/mol. The molecule has 2 heterocycles. The molecule has 4 rings (SSSR count). The van der Waals surface area contributed by atoms with Gasteiger partial charge in [-0.2, -0.15) is 0 Å². The van der Waals surface area contributed by atoms with Crippen molar-refractivity contribution in [2.75, 3.05) is 5.32 Å². The average Bonchev–Trinajstić information content (AvgIpc) is 3.08. The van der Waals surface area contributed by atoms with Crippen molar-refractivity contribution in [2.24, 2.45) is 0 Å². The minimum Gasteiger partial charge on any atom is -0.365 e. The van der Waals surface area contributed by atoms with E-state index in [0.29, 0.717) is 17.9 Å². The first kappa shape index (κ1) is 17.6. The van der Waals surface area contributed by atoms with Gasteiger partial charge in [0.05, 0.1) is 23.9 Å². The third-order valence-electron chi connectivity index (χ3n) is 4.44. The first-order valence-corrected chi connectivity index (χ1v) is 8.76. The van der Waals surface area contributed by atoms with Crippen molar-refractivity contribution >= 4 is 23.2 Å². The van der Waals surface area contributed by atoms with Crippen LogP contribution in [0, 0.1) is 12.7 Å². The van der Waals surface area contributed by atoms with Crippen LogP contribution in [0.5, 0.6) is 0 Å². The van der Waals surface area contributed by atoms with Crippen LogP contribution in [0.4, 0.5) is 10.1 Å². The number of aromatic nitrogens is 3. The molecule has 2 aromatic carbocycles. The fourth-order valence-corrected chi connectivity index (χ4v) is 3.12. The van der Waals surface area contributed by atoms with Crippen LogP contribution >= 0.6 is 11.6 Å². The molecule has 0 spiro atoms. The molecule has 3 aromatic rings. The normalized spacial score (nSPS) is 16.0. The molecule has 0 fully saturated rings. The molecule has 1 aliphatic rings. The van der Waals surface area contributed by atoms with Crippen LogP contribution in [0.2, 0.25) is 5.02 Å². The Labute approximate surface area is 159 Å². The summed E-state index contributed by atoms with van der Waals surface area (Å²) in [4.78, 5) is 12.5. The number of anilines is 1. The maximum absolute atomic E-state index is 13.2. The predicted octanol–water partition coefficient (Wildman–Crippen LogP) is 3.90. The SMILES string of the molecule is Cc1ccc(C2Cn3nnc(C(=O)Nc4ccc(F)c(Cl)c4)c3CO2)cc1. The number of nitrogens with one attached hydrogen (secondary N) is 1. The Balaban J connectivity index is 1.51. The molecule has 8 heteroatoms. The Hall–Kier alpha value is -2.77. The second-order valence-corrected chi connectivity index (χ2v) is 6.77. The Morgan fingerprint density at radius 2 is 2.07 bits per heavy atom. The number of amides is 1. The molecule has 27 heavy (non-hydrogen) atoms. The van der Waals surface area contributed by atoms with Crippen LogP contribution in [-0.4, -0.2) is 20.9 Å². The lowest BCUT2D eigenvalue weighted by atomic mass is 10.1. The Morgan fingerprint density at radius 1 is 1.30 bits per heavy atom. The number of fused-ring (bicyclic) bond motifs is 1. The molecule has 1 aromatic heterocycles. The maximum Gasteiger partial charge on any atom is 0.278 e. The molecule has 1 amide bonds. The van der Waals surface area contributed by atoms with E-state index in [4.69, 9.17) is 16.3 Å². The number of ether oxygens (including phenoxy) is 1. The summed E-state index contributed by atoms with van der Waals surface area (Å²) in [6.45, 7) is 2.72. The van der Waals surface area contributed by atoms with Gasteiger partial charge in [-0.05, 0) is 30.7 Å². The topological polar surface area (TPSA) is 69.0 Å². The summed E-state index contributed by atoms with van der Waals surface area (Å²) in [5, 5.41) is 10.7. The minimum atomic E-state index is -0.550. The van der Waals surface area contributed by atoms with Gasteiger partial charge in [0.25, 0.3) is 5.91 Å². The van der Waals surface area contributed by atoms with Crippen LogP contribution in [0.1, 0.15) is 33.4 Å². The first-order chi connectivity index (χ1) is 13.0. The summed E-state index contributed by atoms with van der Waals surface area (Å²) in [5.41, 5.74) is 3.38. The summed E-state index contributed by atoms with van der Waals surface area (Å²) in [7, 11) is 0. The highest BCUT2D eigenvalue weighted by Crippen LogP contribution is 2.27. The molecule has 1 N–H and O–H groups in total. The predicted molar refractivity (Wildman–Crippen MR) is 98.1 cm³/mol. The smallest absolute Gasteiger partial charge is 0.278 e. The Kier molecular flexibility index (Phi) is 4.63. The lowest BCUT2D eigenvalue weighted by molar-refractivity contribution is -0.00171. The molecular formula is C19H16ClFN4O2. The molecular weight excluding hydrogens is 371 g/mol. The van der Waals surface area contributed by atoms with Gasteiger partial charge in [0.1, 0.15) is 11.9 Å². The van der Waals surface area contributed by atoms with Crippen molar-refractivity contribution in [1.82, 2.24) is 15.0 Å². The molecule has 0 aliphatic carbocycles.